The number of imidazole rings is 1. The average Bonchev–Trinajstić information content (AvgIpc) is 2.99. The molecular weight excluding hydrogens is 407 g/mol. The Bertz CT molecular complexity index is 1170. The number of aromatic nitrogens is 2. The fourth-order valence-electron chi connectivity index (χ4n) is 4.23. The molecule has 0 bridgehead atoms. The van der Waals surface area contributed by atoms with Gasteiger partial charge in [-0.3, -0.25) is 4.57 Å². The van der Waals surface area contributed by atoms with E-state index in [1.807, 2.05) is 17.6 Å². The van der Waals surface area contributed by atoms with Gasteiger partial charge in [-0.2, -0.15) is 4.74 Å². The Labute approximate surface area is 178 Å². The molecule has 0 N–H and O–H groups in total. The van der Waals surface area contributed by atoms with Gasteiger partial charge in [0.2, 0.25) is 5.71 Å². The number of nitrogens with zero attached hydrogens (tertiary/aromatic N) is 4. The predicted octanol–water partition coefficient (Wildman–Crippen LogP) is 3.67. The molecule has 3 aromatic rings. The molecule has 2 aliphatic heterocycles. The first kappa shape index (κ1) is 19.1. The summed E-state index contributed by atoms with van der Waals surface area (Å²) in [6.07, 6.45) is 0. The molecule has 0 spiro atoms. The Balaban J connectivity index is 1.78. The van der Waals surface area contributed by atoms with Gasteiger partial charge in [0.05, 0.1) is 30.0 Å². The number of rotatable bonds is 2. The van der Waals surface area contributed by atoms with Crippen LogP contribution in [0.5, 0.6) is 0 Å². The summed E-state index contributed by atoms with van der Waals surface area (Å²) >= 11 is 6.29. The first-order chi connectivity index (χ1) is 14.5. The van der Waals surface area contributed by atoms with E-state index >= 15 is 0 Å². The quantitative estimate of drug-likeness (QED) is 0.463. The van der Waals surface area contributed by atoms with Gasteiger partial charge in [0.1, 0.15) is 17.3 Å². The number of ether oxygens (including phenoxy) is 1. The number of aryl methyl sites for hydroxylation is 1. The van der Waals surface area contributed by atoms with E-state index in [-0.39, 0.29) is 17.8 Å². The van der Waals surface area contributed by atoms with E-state index in [1.54, 1.807) is 30.3 Å². The second-order valence-corrected chi connectivity index (χ2v) is 7.83. The van der Waals surface area contributed by atoms with E-state index in [1.165, 1.54) is 6.07 Å². The molecular formula is C22H20ClFN4O2. The molecule has 2 aliphatic rings. The summed E-state index contributed by atoms with van der Waals surface area (Å²) in [4.78, 5) is 6.92. The van der Waals surface area contributed by atoms with Gasteiger partial charge in [-0.05, 0) is 37.3 Å². The van der Waals surface area contributed by atoms with E-state index in [0.717, 1.165) is 27.8 Å². The lowest BCUT2D eigenvalue weighted by Gasteiger charge is -2.27. The van der Waals surface area contributed by atoms with Crippen LogP contribution >= 0.6 is 11.6 Å². The van der Waals surface area contributed by atoms with Gasteiger partial charge < -0.3 is 14.8 Å². The van der Waals surface area contributed by atoms with Crippen molar-refractivity contribution in [3.05, 3.63) is 81.2 Å². The number of hydroxylamine groups is 1. The van der Waals surface area contributed by atoms with Crippen molar-refractivity contribution in [1.29, 1.82) is 0 Å². The van der Waals surface area contributed by atoms with Crippen molar-refractivity contribution in [1.82, 2.24) is 9.55 Å². The largest absolute Gasteiger partial charge is 0.623 e. The third kappa shape index (κ3) is 3.05. The topological polar surface area (TPSA) is 56.4 Å². The lowest BCUT2D eigenvalue weighted by Crippen LogP contribution is -2.37. The molecule has 0 unspecified atom stereocenters. The van der Waals surface area contributed by atoms with Crippen LogP contribution in [-0.4, -0.2) is 46.3 Å². The maximum atomic E-state index is 14.7. The van der Waals surface area contributed by atoms with Crippen LogP contribution in [0.1, 0.15) is 22.6 Å². The lowest BCUT2D eigenvalue weighted by molar-refractivity contribution is -0.474. The predicted molar refractivity (Wildman–Crippen MR) is 113 cm³/mol. The average molecular weight is 427 g/mol. The SMILES string of the molecule is Cc1nc(N2CCOCC2)c2n1-c1ccc(Cl)cc1C(c1ccccc1F)=[N+]([O-])C2. The Morgan fingerprint density at radius 3 is 2.67 bits per heavy atom. The van der Waals surface area contributed by atoms with Crippen LogP contribution in [0.3, 0.4) is 0 Å². The summed E-state index contributed by atoms with van der Waals surface area (Å²) in [6.45, 7) is 4.61. The van der Waals surface area contributed by atoms with Crippen LogP contribution in [0.15, 0.2) is 42.5 Å². The van der Waals surface area contributed by atoms with E-state index < -0.39 is 5.82 Å². The van der Waals surface area contributed by atoms with Crippen molar-refractivity contribution < 1.29 is 13.9 Å². The Kier molecular flexibility index (Phi) is 4.72. The molecule has 2 aromatic carbocycles. The lowest BCUT2D eigenvalue weighted by atomic mass is 10.00. The van der Waals surface area contributed by atoms with Crippen LogP contribution in [0.25, 0.3) is 5.69 Å². The molecule has 0 radical (unpaired) electrons. The van der Waals surface area contributed by atoms with Gasteiger partial charge in [-0.15, -0.1) is 0 Å². The molecule has 154 valence electrons. The molecule has 0 amide bonds. The molecule has 0 atom stereocenters. The normalized spacial score (nSPS) is 16.3. The third-order valence-electron chi connectivity index (χ3n) is 5.56. The fourth-order valence-corrected chi connectivity index (χ4v) is 4.40. The summed E-state index contributed by atoms with van der Waals surface area (Å²) in [6, 6.07) is 11.7. The number of benzene rings is 2. The Morgan fingerprint density at radius 1 is 1.13 bits per heavy atom. The van der Waals surface area contributed by atoms with Gasteiger partial charge in [-0.25, -0.2) is 9.37 Å². The highest BCUT2D eigenvalue weighted by Gasteiger charge is 2.33. The standard InChI is InChI=1S/C22H20ClFN4O2/c1-14-25-22(26-8-10-30-11-9-26)20-13-27(29)21(16-4-2-3-5-18(16)24)17-12-15(23)6-7-19(17)28(14)20/h2-7,12H,8-11,13H2,1H3. The highest BCUT2D eigenvalue weighted by molar-refractivity contribution is 6.31. The number of anilines is 1. The summed E-state index contributed by atoms with van der Waals surface area (Å²) in [5.74, 6) is 1.08. The second-order valence-electron chi connectivity index (χ2n) is 7.39. The van der Waals surface area contributed by atoms with E-state index in [2.05, 4.69) is 4.90 Å². The highest BCUT2D eigenvalue weighted by Crippen LogP contribution is 2.33. The Morgan fingerprint density at radius 2 is 1.90 bits per heavy atom. The van der Waals surface area contributed by atoms with E-state index in [9.17, 15) is 9.60 Å². The van der Waals surface area contributed by atoms with Crippen molar-refractivity contribution in [2.75, 3.05) is 31.2 Å². The number of hydrogen-bond donors (Lipinski definition) is 0. The van der Waals surface area contributed by atoms with Crippen molar-refractivity contribution in [3.8, 4) is 5.69 Å². The smallest absolute Gasteiger partial charge is 0.231 e. The zero-order valence-corrected chi connectivity index (χ0v) is 17.2. The molecule has 0 aliphatic carbocycles. The van der Waals surface area contributed by atoms with Crippen LogP contribution in [-0.2, 0) is 11.3 Å². The maximum Gasteiger partial charge on any atom is 0.231 e. The van der Waals surface area contributed by atoms with Crippen molar-refractivity contribution in [2.24, 2.45) is 0 Å². The number of hydrogen-bond acceptors (Lipinski definition) is 4. The molecule has 0 saturated carbocycles. The van der Waals surface area contributed by atoms with E-state index in [4.69, 9.17) is 21.3 Å². The minimum absolute atomic E-state index is 0.0451. The summed E-state index contributed by atoms with van der Waals surface area (Å²) < 4.78 is 23.0. The van der Waals surface area contributed by atoms with Crippen LogP contribution in [0, 0.1) is 17.9 Å². The molecule has 8 heteroatoms. The zero-order valence-electron chi connectivity index (χ0n) is 16.4. The fraction of sp³-hybridized carbons (Fsp3) is 0.273. The number of halogens is 2. The minimum Gasteiger partial charge on any atom is -0.623 e. The minimum atomic E-state index is -0.450. The van der Waals surface area contributed by atoms with Crippen molar-refractivity contribution in [3.63, 3.8) is 0 Å². The van der Waals surface area contributed by atoms with Gasteiger partial charge in [0, 0.05) is 18.1 Å². The van der Waals surface area contributed by atoms with Gasteiger partial charge in [0.15, 0.2) is 12.4 Å². The van der Waals surface area contributed by atoms with Crippen LogP contribution < -0.4 is 4.90 Å². The highest BCUT2D eigenvalue weighted by atomic mass is 35.5. The summed E-state index contributed by atoms with van der Waals surface area (Å²) in [7, 11) is 0. The first-order valence-electron chi connectivity index (χ1n) is 9.82. The second kappa shape index (κ2) is 7.41. The maximum absolute atomic E-state index is 14.7. The van der Waals surface area contributed by atoms with Crippen molar-refractivity contribution in [2.45, 2.75) is 13.5 Å². The molecule has 30 heavy (non-hydrogen) atoms. The Hall–Kier alpha value is -2.90. The molecule has 5 rings (SSSR count). The first-order valence-corrected chi connectivity index (χ1v) is 10.2. The van der Waals surface area contributed by atoms with Gasteiger partial charge in [-0.1, -0.05) is 23.7 Å². The van der Waals surface area contributed by atoms with Gasteiger partial charge in [0.25, 0.3) is 0 Å². The molecule has 1 fully saturated rings. The number of morpholine rings is 1. The number of fused-ring (bicyclic) bond motifs is 3. The molecule has 1 saturated heterocycles. The zero-order chi connectivity index (χ0) is 20.8. The van der Waals surface area contributed by atoms with E-state index in [0.29, 0.717) is 36.9 Å². The van der Waals surface area contributed by atoms with Crippen LogP contribution in [0.2, 0.25) is 5.02 Å². The van der Waals surface area contributed by atoms with Crippen LogP contribution in [0.4, 0.5) is 10.2 Å². The van der Waals surface area contributed by atoms with Crippen molar-refractivity contribution >= 4 is 23.1 Å². The summed E-state index contributed by atoms with van der Waals surface area (Å²) in [5, 5.41) is 13.9. The third-order valence-corrected chi connectivity index (χ3v) is 5.79. The monoisotopic (exact) mass is 426 g/mol. The summed E-state index contributed by atoms with van der Waals surface area (Å²) in [5.41, 5.74) is 2.63. The molecule has 1 aromatic heterocycles. The van der Waals surface area contributed by atoms with Gasteiger partial charge >= 0.3 is 0 Å². The molecule has 6 nitrogen and oxygen atoms in total. The molecule has 3 heterocycles.